The van der Waals surface area contributed by atoms with Crippen LogP contribution >= 0.6 is 27.5 Å². The number of carboxylic acids is 1. The molecule has 0 aromatic heterocycles. The van der Waals surface area contributed by atoms with Crippen LogP contribution in [0.1, 0.15) is 22.3 Å². The number of rotatable bonds is 4. The number of aromatic carboxylic acids is 1. The number of carboxylic acid groups (broad SMARTS) is 1. The normalized spacial score (nSPS) is 10.8. The second-order valence-corrected chi connectivity index (χ2v) is 4.12. The summed E-state index contributed by atoms with van der Waals surface area (Å²) in [4.78, 5) is 10.7. The van der Waals surface area contributed by atoms with Gasteiger partial charge < -0.3 is 5.11 Å². The Morgan fingerprint density at radius 3 is 2.80 bits per heavy atom. The van der Waals surface area contributed by atoms with Gasteiger partial charge in [-0.05, 0) is 24.1 Å². The van der Waals surface area contributed by atoms with Crippen molar-refractivity contribution in [3.8, 4) is 0 Å². The smallest absolute Gasteiger partial charge is 0.337 e. The first-order chi connectivity index (χ1) is 7.15. The number of hydrogen-bond donors (Lipinski definition) is 1. The van der Waals surface area contributed by atoms with E-state index in [0.717, 1.165) is 17.3 Å². The largest absolute Gasteiger partial charge is 0.478 e. The molecule has 0 aliphatic rings. The van der Waals surface area contributed by atoms with Gasteiger partial charge in [0.05, 0.1) is 10.6 Å². The molecule has 4 heteroatoms. The summed E-state index contributed by atoms with van der Waals surface area (Å²) in [6.45, 7) is 0. The van der Waals surface area contributed by atoms with Gasteiger partial charge in [0, 0.05) is 5.33 Å². The highest BCUT2D eigenvalue weighted by Crippen LogP contribution is 2.18. The Hall–Kier alpha value is -0.800. The van der Waals surface area contributed by atoms with Crippen molar-refractivity contribution < 1.29 is 9.90 Å². The van der Waals surface area contributed by atoms with Crippen LogP contribution in [0.25, 0.3) is 6.08 Å². The maximum Gasteiger partial charge on any atom is 0.337 e. The lowest BCUT2D eigenvalue weighted by Gasteiger charge is -1.99. The fourth-order valence-electron chi connectivity index (χ4n) is 1.09. The van der Waals surface area contributed by atoms with Crippen molar-refractivity contribution >= 4 is 39.6 Å². The van der Waals surface area contributed by atoms with Gasteiger partial charge >= 0.3 is 5.97 Å². The van der Waals surface area contributed by atoms with E-state index in [0.29, 0.717) is 0 Å². The van der Waals surface area contributed by atoms with Gasteiger partial charge in [-0.1, -0.05) is 45.7 Å². The zero-order valence-electron chi connectivity index (χ0n) is 7.91. The van der Waals surface area contributed by atoms with Crippen LogP contribution in [-0.2, 0) is 0 Å². The van der Waals surface area contributed by atoms with E-state index in [9.17, 15) is 4.79 Å². The second-order valence-electron chi connectivity index (χ2n) is 2.92. The summed E-state index contributed by atoms with van der Waals surface area (Å²) in [5.74, 6) is -1.00. The van der Waals surface area contributed by atoms with Gasteiger partial charge in [-0.25, -0.2) is 4.79 Å². The van der Waals surface area contributed by atoms with Crippen LogP contribution in [0.5, 0.6) is 0 Å². The van der Waals surface area contributed by atoms with E-state index in [1.165, 1.54) is 6.07 Å². The van der Waals surface area contributed by atoms with E-state index in [1.54, 1.807) is 12.1 Å². The minimum atomic E-state index is -1.00. The van der Waals surface area contributed by atoms with Crippen molar-refractivity contribution in [2.24, 2.45) is 0 Å². The quantitative estimate of drug-likeness (QED) is 0.855. The predicted octanol–water partition coefficient (Wildman–Crippen LogP) is 3.84. The maximum atomic E-state index is 10.7. The molecule has 0 radical (unpaired) electrons. The van der Waals surface area contributed by atoms with Crippen LogP contribution in [0.3, 0.4) is 0 Å². The van der Waals surface area contributed by atoms with Gasteiger partial charge in [0.25, 0.3) is 0 Å². The summed E-state index contributed by atoms with van der Waals surface area (Å²) in [6.07, 6.45) is 4.85. The lowest BCUT2D eigenvalue weighted by molar-refractivity contribution is 0.0697. The Morgan fingerprint density at radius 1 is 1.53 bits per heavy atom. The third-order valence-corrected chi connectivity index (χ3v) is 2.58. The summed E-state index contributed by atoms with van der Waals surface area (Å²) in [7, 11) is 0. The molecule has 0 amide bonds. The molecule has 80 valence electrons. The minimum Gasteiger partial charge on any atom is -0.478 e. The summed E-state index contributed by atoms with van der Waals surface area (Å²) in [5, 5.41) is 9.94. The van der Waals surface area contributed by atoms with Gasteiger partial charge in [0.1, 0.15) is 0 Å². The Kier molecular flexibility index (Phi) is 4.85. The van der Waals surface area contributed by atoms with Crippen LogP contribution in [0.2, 0.25) is 5.02 Å². The number of allylic oxidation sites excluding steroid dienone is 1. The molecule has 2 nitrogen and oxygen atoms in total. The van der Waals surface area contributed by atoms with Crippen molar-refractivity contribution in [2.45, 2.75) is 6.42 Å². The molecule has 0 saturated heterocycles. The molecular formula is C11H10BrClO2. The molecule has 1 aromatic carbocycles. The van der Waals surface area contributed by atoms with Gasteiger partial charge in [0.15, 0.2) is 0 Å². The first-order valence-electron chi connectivity index (χ1n) is 4.40. The van der Waals surface area contributed by atoms with Crippen LogP contribution in [0.15, 0.2) is 24.3 Å². The molecule has 0 spiro atoms. The lowest BCUT2D eigenvalue weighted by atomic mass is 10.1. The van der Waals surface area contributed by atoms with Crippen LogP contribution < -0.4 is 0 Å². The average molecular weight is 290 g/mol. The Bertz CT molecular complexity index is 388. The van der Waals surface area contributed by atoms with Gasteiger partial charge in [-0.3, -0.25) is 0 Å². The standard InChI is InChI=1S/C11H10BrClO2/c12-6-2-1-3-8-4-5-9(11(14)15)10(13)7-8/h1,3-5,7H,2,6H2,(H,14,15). The summed E-state index contributed by atoms with van der Waals surface area (Å²) < 4.78 is 0. The highest BCUT2D eigenvalue weighted by atomic mass is 79.9. The highest BCUT2D eigenvalue weighted by molar-refractivity contribution is 9.09. The molecule has 0 saturated carbocycles. The van der Waals surface area contributed by atoms with Crippen molar-refractivity contribution in [3.63, 3.8) is 0 Å². The zero-order chi connectivity index (χ0) is 11.3. The van der Waals surface area contributed by atoms with Crippen molar-refractivity contribution in [1.82, 2.24) is 0 Å². The van der Waals surface area contributed by atoms with Crippen LogP contribution in [0, 0.1) is 0 Å². The van der Waals surface area contributed by atoms with Gasteiger partial charge in [-0.15, -0.1) is 0 Å². The number of hydrogen-bond acceptors (Lipinski definition) is 1. The number of benzene rings is 1. The second kappa shape index (κ2) is 5.93. The third-order valence-electron chi connectivity index (χ3n) is 1.81. The minimum absolute atomic E-state index is 0.134. The molecule has 15 heavy (non-hydrogen) atoms. The molecule has 0 atom stereocenters. The molecule has 0 heterocycles. The average Bonchev–Trinajstić information content (AvgIpc) is 2.17. The first-order valence-corrected chi connectivity index (χ1v) is 5.90. The molecule has 1 rings (SSSR count). The Morgan fingerprint density at radius 2 is 2.27 bits per heavy atom. The highest BCUT2D eigenvalue weighted by Gasteiger charge is 2.07. The van der Waals surface area contributed by atoms with Crippen LogP contribution in [-0.4, -0.2) is 16.4 Å². The number of alkyl halides is 1. The van der Waals surface area contributed by atoms with Gasteiger partial charge in [-0.2, -0.15) is 0 Å². The van der Waals surface area contributed by atoms with E-state index < -0.39 is 5.97 Å². The molecule has 1 aromatic rings. The SMILES string of the molecule is O=C(O)c1ccc(C=CCCBr)cc1Cl. The summed E-state index contributed by atoms with van der Waals surface area (Å²) in [6, 6.07) is 4.90. The van der Waals surface area contributed by atoms with Crippen LogP contribution in [0.4, 0.5) is 0 Å². The molecule has 1 N–H and O–H groups in total. The summed E-state index contributed by atoms with van der Waals surface area (Å²) >= 11 is 9.13. The first kappa shape index (κ1) is 12.3. The number of halogens is 2. The number of carbonyl (C=O) groups is 1. The van der Waals surface area contributed by atoms with Crippen molar-refractivity contribution in [3.05, 3.63) is 40.4 Å². The molecule has 0 fully saturated rings. The van der Waals surface area contributed by atoms with E-state index in [-0.39, 0.29) is 10.6 Å². The van der Waals surface area contributed by atoms with E-state index in [2.05, 4.69) is 15.9 Å². The fraction of sp³-hybridized carbons (Fsp3) is 0.182. The van der Waals surface area contributed by atoms with Crippen molar-refractivity contribution in [1.29, 1.82) is 0 Å². The van der Waals surface area contributed by atoms with E-state index >= 15 is 0 Å². The molecule has 0 aliphatic heterocycles. The Labute approximate surface area is 102 Å². The summed E-state index contributed by atoms with van der Waals surface area (Å²) in [5.41, 5.74) is 1.04. The molecular weight excluding hydrogens is 279 g/mol. The third kappa shape index (κ3) is 3.68. The lowest BCUT2D eigenvalue weighted by Crippen LogP contribution is -1.96. The zero-order valence-corrected chi connectivity index (χ0v) is 10.3. The fourth-order valence-corrected chi connectivity index (χ4v) is 1.63. The predicted molar refractivity (Wildman–Crippen MR) is 65.9 cm³/mol. The topological polar surface area (TPSA) is 37.3 Å². The molecule has 0 bridgehead atoms. The van der Waals surface area contributed by atoms with Gasteiger partial charge in [0.2, 0.25) is 0 Å². The van der Waals surface area contributed by atoms with Crippen molar-refractivity contribution in [2.75, 3.05) is 5.33 Å². The molecule has 0 unspecified atom stereocenters. The Balaban J connectivity index is 2.87. The molecule has 0 aliphatic carbocycles. The maximum absolute atomic E-state index is 10.7. The van der Waals surface area contributed by atoms with E-state index in [4.69, 9.17) is 16.7 Å². The monoisotopic (exact) mass is 288 g/mol. The van der Waals surface area contributed by atoms with E-state index in [1.807, 2.05) is 12.2 Å².